The fourth-order valence-corrected chi connectivity index (χ4v) is 2.97. The molecule has 0 aliphatic rings. The van der Waals surface area contributed by atoms with Crippen LogP contribution in [0, 0.1) is 3.57 Å². The second kappa shape index (κ2) is 6.96. The highest BCUT2D eigenvalue weighted by atomic mass is 127. The monoisotopic (exact) mass is 413 g/mol. The van der Waals surface area contributed by atoms with Crippen molar-refractivity contribution in [1.29, 1.82) is 0 Å². The van der Waals surface area contributed by atoms with Gasteiger partial charge in [-0.1, -0.05) is 48.5 Å². The van der Waals surface area contributed by atoms with Crippen LogP contribution in [0.4, 0.5) is 11.4 Å². The van der Waals surface area contributed by atoms with Gasteiger partial charge in [0.1, 0.15) is 0 Å². The molecule has 0 aromatic heterocycles. The molecular formula is C20H16INO. The quantitative estimate of drug-likeness (QED) is 0.509. The first kappa shape index (κ1) is 15.7. The minimum absolute atomic E-state index is 0.00541. The molecule has 0 atom stereocenters. The third-order valence-electron chi connectivity index (χ3n) is 3.63. The van der Waals surface area contributed by atoms with Crippen LogP contribution in [0.2, 0.25) is 0 Å². The molecule has 0 bridgehead atoms. The van der Waals surface area contributed by atoms with Crippen LogP contribution in [0.1, 0.15) is 6.92 Å². The summed E-state index contributed by atoms with van der Waals surface area (Å²) in [7, 11) is 0. The molecular weight excluding hydrogens is 397 g/mol. The highest BCUT2D eigenvalue weighted by Crippen LogP contribution is 2.35. The maximum atomic E-state index is 12.3. The standard InChI is InChI=1S/C20H16INO/c1-15(23)22(18-7-3-2-4-8-18)20-10-6-5-9-19(20)16-11-13-17(21)14-12-16/h2-14H,1H3. The molecule has 0 unspecified atom stereocenters. The second-order valence-corrected chi connectivity index (χ2v) is 6.46. The van der Waals surface area contributed by atoms with Crippen molar-refractivity contribution in [1.82, 2.24) is 0 Å². The van der Waals surface area contributed by atoms with Crippen molar-refractivity contribution in [3.05, 3.63) is 82.4 Å². The number of rotatable bonds is 3. The van der Waals surface area contributed by atoms with Crippen LogP contribution in [0.25, 0.3) is 11.1 Å². The highest BCUT2D eigenvalue weighted by molar-refractivity contribution is 14.1. The maximum absolute atomic E-state index is 12.3. The van der Waals surface area contributed by atoms with Gasteiger partial charge in [0, 0.05) is 21.7 Å². The number of carbonyl (C=O) groups excluding carboxylic acids is 1. The molecule has 0 N–H and O–H groups in total. The van der Waals surface area contributed by atoms with Gasteiger partial charge in [-0.05, 0) is 58.5 Å². The van der Waals surface area contributed by atoms with Crippen molar-refractivity contribution in [2.24, 2.45) is 0 Å². The van der Waals surface area contributed by atoms with Gasteiger partial charge < -0.3 is 0 Å². The van der Waals surface area contributed by atoms with E-state index in [1.807, 2.05) is 48.5 Å². The zero-order valence-corrected chi connectivity index (χ0v) is 14.9. The lowest BCUT2D eigenvalue weighted by Gasteiger charge is -2.24. The minimum atomic E-state index is -0.00541. The highest BCUT2D eigenvalue weighted by Gasteiger charge is 2.17. The van der Waals surface area contributed by atoms with E-state index in [1.165, 1.54) is 3.57 Å². The zero-order valence-electron chi connectivity index (χ0n) is 12.7. The zero-order chi connectivity index (χ0) is 16.2. The smallest absolute Gasteiger partial charge is 0.228 e. The van der Waals surface area contributed by atoms with Gasteiger partial charge in [0.25, 0.3) is 0 Å². The van der Waals surface area contributed by atoms with E-state index in [2.05, 4.69) is 52.9 Å². The molecule has 23 heavy (non-hydrogen) atoms. The predicted octanol–water partition coefficient (Wildman–Crippen LogP) is 5.64. The van der Waals surface area contributed by atoms with E-state index in [-0.39, 0.29) is 5.91 Å². The lowest BCUT2D eigenvalue weighted by molar-refractivity contribution is -0.115. The molecule has 0 aliphatic heterocycles. The van der Waals surface area contributed by atoms with Crippen LogP contribution in [0.3, 0.4) is 0 Å². The van der Waals surface area contributed by atoms with Crippen LogP contribution in [-0.4, -0.2) is 5.91 Å². The Hall–Kier alpha value is -2.14. The Kier molecular flexibility index (Phi) is 4.76. The molecule has 0 saturated carbocycles. The van der Waals surface area contributed by atoms with Crippen molar-refractivity contribution < 1.29 is 4.79 Å². The molecule has 0 fully saturated rings. The summed E-state index contributed by atoms with van der Waals surface area (Å²) in [5.41, 5.74) is 3.91. The molecule has 1 amide bonds. The summed E-state index contributed by atoms with van der Waals surface area (Å²) >= 11 is 2.29. The lowest BCUT2D eigenvalue weighted by atomic mass is 10.0. The summed E-state index contributed by atoms with van der Waals surface area (Å²) in [6.45, 7) is 1.59. The molecule has 114 valence electrons. The van der Waals surface area contributed by atoms with Crippen LogP contribution in [0.5, 0.6) is 0 Å². The molecule has 3 aromatic carbocycles. The van der Waals surface area contributed by atoms with Crippen LogP contribution in [0.15, 0.2) is 78.9 Å². The van der Waals surface area contributed by atoms with E-state index in [9.17, 15) is 4.79 Å². The number of benzene rings is 3. The Labute approximate surface area is 149 Å². The Balaban J connectivity index is 2.15. The molecule has 2 nitrogen and oxygen atoms in total. The van der Waals surface area contributed by atoms with Crippen molar-refractivity contribution in [3.8, 4) is 11.1 Å². The number of nitrogens with zero attached hydrogens (tertiary/aromatic N) is 1. The first-order chi connectivity index (χ1) is 11.2. The fraction of sp³-hybridized carbons (Fsp3) is 0.0500. The topological polar surface area (TPSA) is 20.3 Å². The first-order valence-corrected chi connectivity index (χ1v) is 8.45. The average molecular weight is 413 g/mol. The SMILES string of the molecule is CC(=O)N(c1ccccc1)c1ccccc1-c1ccc(I)cc1. The Morgan fingerprint density at radius 1 is 0.826 bits per heavy atom. The number of amides is 1. The van der Waals surface area contributed by atoms with Crippen molar-refractivity contribution in [3.63, 3.8) is 0 Å². The van der Waals surface area contributed by atoms with E-state index in [0.717, 1.165) is 22.5 Å². The van der Waals surface area contributed by atoms with Gasteiger partial charge in [-0.15, -0.1) is 0 Å². The Morgan fingerprint density at radius 2 is 1.43 bits per heavy atom. The number of anilines is 2. The predicted molar refractivity (Wildman–Crippen MR) is 104 cm³/mol. The number of halogens is 1. The van der Waals surface area contributed by atoms with Crippen LogP contribution < -0.4 is 4.90 Å². The number of hydrogen-bond donors (Lipinski definition) is 0. The van der Waals surface area contributed by atoms with E-state index < -0.39 is 0 Å². The van der Waals surface area contributed by atoms with Gasteiger partial charge in [0.2, 0.25) is 5.91 Å². The van der Waals surface area contributed by atoms with E-state index in [4.69, 9.17) is 0 Å². The molecule has 3 aromatic rings. The summed E-state index contributed by atoms with van der Waals surface area (Å²) in [5, 5.41) is 0. The van der Waals surface area contributed by atoms with Gasteiger partial charge in [-0.25, -0.2) is 0 Å². The van der Waals surface area contributed by atoms with Gasteiger partial charge in [-0.3, -0.25) is 9.69 Å². The van der Waals surface area contributed by atoms with E-state index in [0.29, 0.717) is 0 Å². The van der Waals surface area contributed by atoms with Gasteiger partial charge in [-0.2, -0.15) is 0 Å². The molecule has 3 rings (SSSR count). The lowest BCUT2D eigenvalue weighted by Crippen LogP contribution is -2.23. The van der Waals surface area contributed by atoms with Crippen molar-refractivity contribution in [2.75, 3.05) is 4.90 Å². The normalized spacial score (nSPS) is 10.3. The first-order valence-electron chi connectivity index (χ1n) is 7.37. The van der Waals surface area contributed by atoms with Crippen LogP contribution in [-0.2, 0) is 4.79 Å². The third kappa shape index (κ3) is 3.45. The number of para-hydroxylation sites is 2. The minimum Gasteiger partial charge on any atom is -0.281 e. The van der Waals surface area contributed by atoms with E-state index >= 15 is 0 Å². The van der Waals surface area contributed by atoms with Crippen LogP contribution >= 0.6 is 22.6 Å². The Bertz CT molecular complexity index is 813. The molecule has 0 heterocycles. The molecule has 0 saturated heterocycles. The summed E-state index contributed by atoms with van der Waals surface area (Å²) < 4.78 is 1.19. The second-order valence-electron chi connectivity index (χ2n) is 5.21. The summed E-state index contributed by atoms with van der Waals surface area (Å²) in [4.78, 5) is 14.1. The van der Waals surface area contributed by atoms with Gasteiger partial charge >= 0.3 is 0 Å². The van der Waals surface area contributed by atoms with Gasteiger partial charge in [0.15, 0.2) is 0 Å². The number of hydrogen-bond acceptors (Lipinski definition) is 1. The third-order valence-corrected chi connectivity index (χ3v) is 4.35. The fourth-order valence-electron chi connectivity index (χ4n) is 2.61. The maximum Gasteiger partial charge on any atom is 0.228 e. The van der Waals surface area contributed by atoms with Gasteiger partial charge in [0.05, 0.1) is 5.69 Å². The Morgan fingerprint density at radius 3 is 2.09 bits per heavy atom. The molecule has 0 spiro atoms. The summed E-state index contributed by atoms with van der Waals surface area (Å²) in [6, 6.07) is 26.1. The molecule has 0 radical (unpaired) electrons. The van der Waals surface area contributed by atoms with Crippen molar-refractivity contribution >= 4 is 39.9 Å². The van der Waals surface area contributed by atoms with E-state index in [1.54, 1.807) is 11.8 Å². The summed E-state index contributed by atoms with van der Waals surface area (Å²) in [5.74, 6) is -0.00541. The summed E-state index contributed by atoms with van der Waals surface area (Å²) in [6.07, 6.45) is 0. The number of carbonyl (C=O) groups is 1. The molecule has 3 heteroatoms. The largest absolute Gasteiger partial charge is 0.281 e. The average Bonchev–Trinajstić information content (AvgIpc) is 2.57. The molecule has 0 aliphatic carbocycles. The van der Waals surface area contributed by atoms with Crippen molar-refractivity contribution in [2.45, 2.75) is 6.92 Å².